The number of hydrogen-bond acceptors (Lipinski definition) is 6. The average molecular weight is 436 g/mol. The van der Waals surface area contributed by atoms with Gasteiger partial charge in [-0.25, -0.2) is 14.4 Å². The monoisotopic (exact) mass is 436 g/mol. The van der Waals surface area contributed by atoms with Crippen LogP contribution in [0.5, 0.6) is 11.5 Å². The second-order valence-electron chi connectivity index (χ2n) is 7.68. The number of anilines is 1. The molecule has 1 aromatic heterocycles. The number of likely N-dealkylation sites (tertiary alicyclic amines) is 1. The Labute approximate surface area is 186 Å². The number of amides is 1. The van der Waals surface area contributed by atoms with Gasteiger partial charge in [0.2, 0.25) is 5.95 Å². The second-order valence-corrected chi connectivity index (χ2v) is 7.68. The number of ether oxygens (including phenoxy) is 2. The highest BCUT2D eigenvalue weighted by molar-refractivity contribution is 5.78. The Morgan fingerprint density at radius 2 is 1.88 bits per heavy atom. The molecule has 0 unspecified atom stereocenters. The third-order valence-electron chi connectivity index (χ3n) is 5.57. The van der Waals surface area contributed by atoms with Gasteiger partial charge in [0.15, 0.2) is 6.61 Å². The van der Waals surface area contributed by atoms with Crippen molar-refractivity contribution in [3.05, 3.63) is 66.2 Å². The van der Waals surface area contributed by atoms with Gasteiger partial charge in [-0.05, 0) is 54.8 Å². The second kappa shape index (κ2) is 9.64. The Morgan fingerprint density at radius 3 is 2.59 bits per heavy atom. The van der Waals surface area contributed by atoms with E-state index in [2.05, 4.69) is 9.97 Å². The fourth-order valence-corrected chi connectivity index (χ4v) is 3.91. The lowest BCUT2D eigenvalue weighted by Crippen LogP contribution is -2.41. The third-order valence-corrected chi connectivity index (χ3v) is 5.57. The molecule has 1 aliphatic rings. The Balaban J connectivity index is 1.49. The lowest BCUT2D eigenvalue weighted by atomic mass is 9.90. The summed E-state index contributed by atoms with van der Waals surface area (Å²) in [6.45, 7) is 1.07. The van der Waals surface area contributed by atoms with Crippen molar-refractivity contribution < 1.29 is 18.7 Å². The zero-order valence-electron chi connectivity index (χ0n) is 17.8. The van der Waals surface area contributed by atoms with Crippen molar-refractivity contribution in [2.24, 2.45) is 0 Å². The molecule has 7 nitrogen and oxygen atoms in total. The van der Waals surface area contributed by atoms with Gasteiger partial charge < -0.3 is 20.1 Å². The fraction of sp³-hybridized carbons (Fsp3) is 0.292. The van der Waals surface area contributed by atoms with E-state index in [1.165, 1.54) is 24.3 Å². The van der Waals surface area contributed by atoms with E-state index in [0.29, 0.717) is 18.8 Å². The number of piperidine rings is 1. The lowest BCUT2D eigenvalue weighted by molar-refractivity contribution is -0.134. The normalized spacial score (nSPS) is 15.9. The average Bonchev–Trinajstić information content (AvgIpc) is 2.83. The molecule has 2 heterocycles. The topological polar surface area (TPSA) is 90.6 Å². The van der Waals surface area contributed by atoms with E-state index in [4.69, 9.17) is 15.2 Å². The van der Waals surface area contributed by atoms with E-state index < -0.39 is 0 Å². The molecule has 2 aromatic carbocycles. The number of methoxy groups -OCH3 is 1. The molecule has 1 saturated heterocycles. The molecule has 4 rings (SSSR count). The van der Waals surface area contributed by atoms with E-state index in [1.54, 1.807) is 18.2 Å². The molecule has 1 atom stereocenters. The number of benzene rings is 2. The smallest absolute Gasteiger partial charge is 0.260 e. The molecule has 166 valence electrons. The summed E-state index contributed by atoms with van der Waals surface area (Å²) >= 11 is 0. The first kappa shape index (κ1) is 21.5. The Bertz CT molecular complexity index is 1070. The fourth-order valence-electron chi connectivity index (χ4n) is 3.91. The van der Waals surface area contributed by atoms with Crippen molar-refractivity contribution in [2.45, 2.75) is 18.8 Å². The van der Waals surface area contributed by atoms with Crippen molar-refractivity contribution in [3.8, 4) is 22.6 Å². The van der Waals surface area contributed by atoms with E-state index in [9.17, 15) is 9.18 Å². The van der Waals surface area contributed by atoms with Crippen LogP contribution in [0, 0.1) is 5.82 Å². The summed E-state index contributed by atoms with van der Waals surface area (Å²) in [5, 5.41) is 0. The summed E-state index contributed by atoms with van der Waals surface area (Å²) in [5.74, 6) is 0.994. The molecule has 0 aliphatic carbocycles. The standard InChI is InChI=1S/C24H25FN4O3/c1-31-19-8-4-16(5-9-19)21-13-27-24(26)28-23(21)17-3-2-12-29(14-17)22(30)15-32-20-10-6-18(25)7-11-20/h4-11,13,17H,2-3,12,14-15H2,1H3,(H2,26,27,28)/t17-/m0/s1. The van der Waals surface area contributed by atoms with Crippen LogP contribution in [0.4, 0.5) is 10.3 Å². The van der Waals surface area contributed by atoms with Crippen LogP contribution in [0.2, 0.25) is 0 Å². The minimum Gasteiger partial charge on any atom is -0.497 e. The van der Waals surface area contributed by atoms with Crippen molar-refractivity contribution in [1.82, 2.24) is 14.9 Å². The molecule has 0 radical (unpaired) electrons. The van der Waals surface area contributed by atoms with Gasteiger partial charge in [0.05, 0.1) is 12.8 Å². The van der Waals surface area contributed by atoms with Gasteiger partial charge in [-0.1, -0.05) is 12.1 Å². The number of rotatable bonds is 6. The summed E-state index contributed by atoms with van der Waals surface area (Å²) in [5.41, 5.74) is 8.59. The highest BCUT2D eigenvalue weighted by Gasteiger charge is 2.28. The van der Waals surface area contributed by atoms with Crippen LogP contribution in [-0.2, 0) is 4.79 Å². The van der Waals surface area contributed by atoms with E-state index in [0.717, 1.165) is 35.4 Å². The van der Waals surface area contributed by atoms with Gasteiger partial charge in [0.1, 0.15) is 17.3 Å². The van der Waals surface area contributed by atoms with Crippen LogP contribution >= 0.6 is 0 Å². The predicted octanol–water partition coefficient (Wildman–Crippen LogP) is 3.66. The molecule has 1 aliphatic heterocycles. The maximum absolute atomic E-state index is 13.0. The molecule has 2 N–H and O–H groups in total. The molecular weight excluding hydrogens is 411 g/mol. The zero-order chi connectivity index (χ0) is 22.5. The Kier molecular flexibility index (Phi) is 6.49. The van der Waals surface area contributed by atoms with Crippen LogP contribution in [-0.4, -0.2) is 47.6 Å². The summed E-state index contributed by atoms with van der Waals surface area (Å²) < 4.78 is 23.8. The third kappa shape index (κ3) is 4.96. The van der Waals surface area contributed by atoms with Crippen molar-refractivity contribution >= 4 is 11.9 Å². The largest absolute Gasteiger partial charge is 0.497 e. The SMILES string of the molecule is COc1ccc(-c2cnc(N)nc2[C@H]2CCCN(C(=O)COc3ccc(F)cc3)C2)cc1. The molecular formula is C24H25FN4O3. The number of nitrogens with two attached hydrogens (primary N) is 1. The number of carbonyl (C=O) groups is 1. The molecule has 1 amide bonds. The van der Waals surface area contributed by atoms with E-state index in [1.807, 2.05) is 24.3 Å². The summed E-state index contributed by atoms with van der Waals surface area (Å²) in [7, 11) is 1.63. The van der Waals surface area contributed by atoms with Crippen molar-refractivity contribution in [3.63, 3.8) is 0 Å². The highest BCUT2D eigenvalue weighted by atomic mass is 19.1. The summed E-state index contributed by atoms with van der Waals surface area (Å²) in [6.07, 6.45) is 3.47. The number of halogens is 1. The van der Waals surface area contributed by atoms with Crippen LogP contribution in [0.15, 0.2) is 54.7 Å². The maximum Gasteiger partial charge on any atom is 0.260 e. The first-order valence-corrected chi connectivity index (χ1v) is 10.5. The number of carbonyl (C=O) groups excluding carboxylic acids is 1. The van der Waals surface area contributed by atoms with Crippen LogP contribution < -0.4 is 15.2 Å². The minimum absolute atomic E-state index is 0.0286. The molecule has 0 bridgehead atoms. The predicted molar refractivity (Wildman–Crippen MR) is 119 cm³/mol. The Hall–Kier alpha value is -3.68. The molecule has 0 saturated carbocycles. The van der Waals surface area contributed by atoms with E-state index >= 15 is 0 Å². The molecule has 8 heteroatoms. The van der Waals surface area contributed by atoms with Gasteiger partial charge in [0.25, 0.3) is 5.91 Å². The van der Waals surface area contributed by atoms with Gasteiger partial charge in [0, 0.05) is 30.8 Å². The van der Waals surface area contributed by atoms with Crippen molar-refractivity contribution in [1.29, 1.82) is 0 Å². The molecule has 1 fully saturated rings. The molecule has 3 aromatic rings. The number of nitrogen functional groups attached to an aromatic ring is 1. The highest BCUT2D eigenvalue weighted by Crippen LogP contribution is 2.34. The quantitative estimate of drug-likeness (QED) is 0.634. The summed E-state index contributed by atoms with van der Waals surface area (Å²) in [4.78, 5) is 23.3. The number of hydrogen-bond donors (Lipinski definition) is 1. The lowest BCUT2D eigenvalue weighted by Gasteiger charge is -2.33. The zero-order valence-corrected chi connectivity index (χ0v) is 17.8. The van der Waals surface area contributed by atoms with Crippen LogP contribution in [0.25, 0.3) is 11.1 Å². The van der Waals surface area contributed by atoms with E-state index in [-0.39, 0.29) is 30.2 Å². The van der Waals surface area contributed by atoms with Crippen LogP contribution in [0.3, 0.4) is 0 Å². The van der Waals surface area contributed by atoms with Crippen molar-refractivity contribution in [2.75, 3.05) is 32.5 Å². The maximum atomic E-state index is 13.0. The molecule has 32 heavy (non-hydrogen) atoms. The Morgan fingerprint density at radius 1 is 1.16 bits per heavy atom. The van der Waals surface area contributed by atoms with Gasteiger partial charge in [-0.2, -0.15) is 0 Å². The van der Waals surface area contributed by atoms with Gasteiger partial charge in [-0.3, -0.25) is 4.79 Å². The number of nitrogens with zero attached hydrogens (tertiary/aromatic N) is 3. The van der Waals surface area contributed by atoms with Gasteiger partial charge in [-0.15, -0.1) is 0 Å². The summed E-state index contributed by atoms with van der Waals surface area (Å²) in [6, 6.07) is 13.3. The first-order valence-electron chi connectivity index (χ1n) is 10.5. The van der Waals surface area contributed by atoms with Gasteiger partial charge >= 0.3 is 0 Å². The first-order chi connectivity index (χ1) is 15.5. The molecule has 0 spiro atoms. The number of aromatic nitrogens is 2. The minimum atomic E-state index is -0.348. The van der Waals surface area contributed by atoms with Crippen LogP contribution in [0.1, 0.15) is 24.5 Å².